The Bertz CT molecular complexity index is 453. The first-order chi connectivity index (χ1) is 8.52. The SMILES string of the molecule is C=C=CC(C)N(C(=O)COC)c1c(C)csc1C. The largest absolute Gasteiger partial charge is 0.375 e. The second-order valence-corrected chi connectivity index (χ2v) is 5.22. The highest BCUT2D eigenvalue weighted by Crippen LogP contribution is 2.32. The van der Waals surface area contributed by atoms with Crippen LogP contribution in [-0.2, 0) is 9.53 Å². The standard InChI is InChI=1S/C14H19NO2S/c1-6-7-11(3)15(13(16)8-17-5)14-10(2)9-18-12(14)4/h7,9,11H,1,8H2,2-5H3. The Morgan fingerprint density at radius 2 is 2.33 bits per heavy atom. The summed E-state index contributed by atoms with van der Waals surface area (Å²) in [6.45, 7) is 9.62. The summed E-state index contributed by atoms with van der Waals surface area (Å²) in [5.74, 6) is -0.0545. The van der Waals surface area contributed by atoms with Crippen molar-refractivity contribution in [3.63, 3.8) is 0 Å². The van der Waals surface area contributed by atoms with Crippen molar-refractivity contribution in [3.8, 4) is 0 Å². The number of amides is 1. The number of ether oxygens (including phenoxy) is 1. The third-order valence-corrected chi connectivity index (χ3v) is 3.68. The molecule has 0 aromatic carbocycles. The maximum Gasteiger partial charge on any atom is 0.253 e. The van der Waals surface area contributed by atoms with Crippen LogP contribution in [0.5, 0.6) is 0 Å². The Kier molecular flexibility index (Phi) is 5.35. The fraction of sp³-hybridized carbons (Fsp3) is 0.429. The lowest BCUT2D eigenvalue weighted by Gasteiger charge is -2.27. The minimum Gasteiger partial charge on any atom is -0.375 e. The summed E-state index contributed by atoms with van der Waals surface area (Å²) < 4.78 is 4.95. The molecule has 1 rings (SSSR count). The Morgan fingerprint density at radius 3 is 2.78 bits per heavy atom. The van der Waals surface area contributed by atoms with Crippen LogP contribution in [-0.4, -0.2) is 25.7 Å². The molecule has 0 N–H and O–H groups in total. The number of anilines is 1. The molecule has 0 aliphatic carbocycles. The Morgan fingerprint density at radius 1 is 1.67 bits per heavy atom. The van der Waals surface area contributed by atoms with Gasteiger partial charge in [-0.1, -0.05) is 6.58 Å². The summed E-state index contributed by atoms with van der Waals surface area (Å²) in [7, 11) is 1.53. The van der Waals surface area contributed by atoms with Gasteiger partial charge in [-0.3, -0.25) is 4.79 Å². The number of thiophene rings is 1. The van der Waals surface area contributed by atoms with Gasteiger partial charge in [-0.15, -0.1) is 17.1 Å². The molecule has 1 atom stereocenters. The Hall–Kier alpha value is -1.35. The van der Waals surface area contributed by atoms with Crippen LogP contribution in [0.15, 0.2) is 23.8 Å². The van der Waals surface area contributed by atoms with Crippen molar-refractivity contribution >= 4 is 22.9 Å². The fourth-order valence-corrected chi connectivity index (χ4v) is 2.76. The molecule has 1 heterocycles. The van der Waals surface area contributed by atoms with Crippen LogP contribution in [0.25, 0.3) is 0 Å². The summed E-state index contributed by atoms with van der Waals surface area (Å²) in [6.07, 6.45) is 1.78. The molecule has 0 radical (unpaired) electrons. The van der Waals surface area contributed by atoms with Crippen molar-refractivity contribution in [2.45, 2.75) is 26.8 Å². The van der Waals surface area contributed by atoms with Crippen molar-refractivity contribution < 1.29 is 9.53 Å². The number of carbonyl (C=O) groups is 1. The van der Waals surface area contributed by atoms with E-state index >= 15 is 0 Å². The van der Waals surface area contributed by atoms with Crippen LogP contribution in [0.3, 0.4) is 0 Å². The van der Waals surface area contributed by atoms with Crippen LogP contribution in [0.4, 0.5) is 5.69 Å². The quantitative estimate of drug-likeness (QED) is 0.766. The van der Waals surface area contributed by atoms with Gasteiger partial charge in [0.25, 0.3) is 5.91 Å². The molecule has 3 nitrogen and oxygen atoms in total. The maximum absolute atomic E-state index is 12.2. The van der Waals surface area contributed by atoms with Gasteiger partial charge in [0, 0.05) is 12.0 Å². The van der Waals surface area contributed by atoms with Crippen molar-refractivity contribution in [1.29, 1.82) is 0 Å². The Balaban J connectivity index is 3.20. The summed E-state index contributed by atoms with van der Waals surface area (Å²) in [5.41, 5.74) is 4.82. The number of hydrogen-bond acceptors (Lipinski definition) is 3. The number of hydrogen-bond donors (Lipinski definition) is 0. The molecule has 1 unspecified atom stereocenters. The second kappa shape index (κ2) is 6.55. The average molecular weight is 265 g/mol. The van der Waals surface area contributed by atoms with E-state index in [-0.39, 0.29) is 18.6 Å². The molecule has 18 heavy (non-hydrogen) atoms. The molecule has 0 spiro atoms. The zero-order chi connectivity index (χ0) is 13.7. The normalized spacial score (nSPS) is 11.8. The average Bonchev–Trinajstić information content (AvgIpc) is 2.62. The van der Waals surface area contributed by atoms with Gasteiger partial charge in [0.2, 0.25) is 0 Å². The van der Waals surface area contributed by atoms with E-state index in [1.165, 1.54) is 7.11 Å². The van der Waals surface area contributed by atoms with E-state index < -0.39 is 0 Å². The Labute approximate surface area is 112 Å². The smallest absolute Gasteiger partial charge is 0.253 e. The maximum atomic E-state index is 12.2. The number of methoxy groups -OCH3 is 1. The zero-order valence-electron chi connectivity index (χ0n) is 11.3. The van der Waals surface area contributed by atoms with Gasteiger partial charge < -0.3 is 9.64 Å². The lowest BCUT2D eigenvalue weighted by Crippen LogP contribution is -2.40. The summed E-state index contributed by atoms with van der Waals surface area (Å²) in [4.78, 5) is 15.1. The van der Waals surface area contributed by atoms with Crippen LogP contribution < -0.4 is 4.90 Å². The van der Waals surface area contributed by atoms with E-state index in [1.54, 1.807) is 22.3 Å². The van der Waals surface area contributed by atoms with Crippen molar-refractivity contribution in [3.05, 3.63) is 34.2 Å². The molecule has 1 amide bonds. The second-order valence-electron chi connectivity index (χ2n) is 4.13. The third kappa shape index (κ3) is 3.10. The molecule has 0 fully saturated rings. The van der Waals surface area contributed by atoms with Gasteiger partial charge in [-0.05, 0) is 37.8 Å². The van der Waals surface area contributed by atoms with Crippen LogP contribution in [0.2, 0.25) is 0 Å². The molecule has 1 aromatic heterocycles. The van der Waals surface area contributed by atoms with E-state index in [9.17, 15) is 4.79 Å². The van der Waals surface area contributed by atoms with Crippen molar-refractivity contribution in [1.82, 2.24) is 0 Å². The summed E-state index contributed by atoms with van der Waals surface area (Å²) in [5, 5.41) is 2.06. The van der Waals surface area contributed by atoms with Gasteiger partial charge in [-0.2, -0.15) is 0 Å². The van der Waals surface area contributed by atoms with Gasteiger partial charge in [0.1, 0.15) is 6.61 Å². The number of carbonyl (C=O) groups excluding carboxylic acids is 1. The van der Waals surface area contributed by atoms with Gasteiger partial charge in [-0.25, -0.2) is 0 Å². The third-order valence-electron chi connectivity index (χ3n) is 2.66. The minimum absolute atomic E-state index is 0.0545. The lowest BCUT2D eigenvalue weighted by molar-refractivity contribution is -0.122. The first-order valence-corrected chi connectivity index (χ1v) is 6.62. The van der Waals surface area contributed by atoms with Crippen molar-refractivity contribution in [2.24, 2.45) is 0 Å². The monoisotopic (exact) mass is 265 g/mol. The van der Waals surface area contributed by atoms with E-state index in [2.05, 4.69) is 17.7 Å². The minimum atomic E-state index is -0.0860. The summed E-state index contributed by atoms with van der Waals surface area (Å²) >= 11 is 1.65. The number of rotatable bonds is 5. The molecule has 4 heteroatoms. The lowest BCUT2D eigenvalue weighted by atomic mass is 10.2. The zero-order valence-corrected chi connectivity index (χ0v) is 12.1. The van der Waals surface area contributed by atoms with Gasteiger partial charge in [0.15, 0.2) is 0 Å². The molecule has 1 aromatic rings. The highest BCUT2D eigenvalue weighted by atomic mass is 32.1. The topological polar surface area (TPSA) is 29.5 Å². The predicted octanol–water partition coefficient (Wildman–Crippen LogP) is 3.07. The number of nitrogens with zero attached hydrogens (tertiary/aromatic N) is 1. The van der Waals surface area contributed by atoms with E-state index in [0.717, 1.165) is 16.1 Å². The molecular formula is C14H19NO2S. The molecule has 0 bridgehead atoms. The molecule has 0 saturated heterocycles. The van der Waals surface area contributed by atoms with E-state index in [4.69, 9.17) is 4.74 Å². The predicted molar refractivity (Wildman–Crippen MR) is 76.3 cm³/mol. The van der Waals surface area contributed by atoms with Crippen LogP contribution >= 0.6 is 11.3 Å². The van der Waals surface area contributed by atoms with E-state index in [0.29, 0.717) is 0 Å². The molecule has 98 valence electrons. The number of aryl methyl sites for hydroxylation is 2. The van der Waals surface area contributed by atoms with Gasteiger partial charge >= 0.3 is 0 Å². The molecule has 0 aliphatic heterocycles. The highest BCUT2D eigenvalue weighted by molar-refractivity contribution is 7.10. The van der Waals surface area contributed by atoms with E-state index in [1.807, 2.05) is 20.8 Å². The summed E-state index contributed by atoms with van der Waals surface area (Å²) in [6, 6.07) is -0.0860. The van der Waals surface area contributed by atoms with Crippen LogP contribution in [0.1, 0.15) is 17.4 Å². The molecular weight excluding hydrogens is 246 g/mol. The van der Waals surface area contributed by atoms with Crippen molar-refractivity contribution in [2.75, 3.05) is 18.6 Å². The first-order valence-electron chi connectivity index (χ1n) is 5.74. The highest BCUT2D eigenvalue weighted by Gasteiger charge is 2.24. The fourth-order valence-electron chi connectivity index (χ4n) is 1.92. The molecule has 0 aliphatic rings. The molecule has 0 saturated carbocycles. The van der Waals surface area contributed by atoms with Crippen LogP contribution in [0, 0.1) is 13.8 Å². The first kappa shape index (κ1) is 14.7. The van der Waals surface area contributed by atoms with Gasteiger partial charge in [0.05, 0.1) is 11.7 Å².